The lowest BCUT2D eigenvalue weighted by Crippen LogP contribution is -2.38. The minimum atomic E-state index is -0.771. The van der Waals surface area contributed by atoms with Gasteiger partial charge in [0, 0.05) is 24.5 Å². The summed E-state index contributed by atoms with van der Waals surface area (Å²) in [6, 6.07) is 9.23. The van der Waals surface area contributed by atoms with Crippen molar-refractivity contribution in [3.05, 3.63) is 45.1 Å². The molecule has 1 unspecified atom stereocenters. The molecule has 0 radical (unpaired) electrons. The Morgan fingerprint density at radius 3 is 2.44 bits per heavy atom. The maximum Gasteiger partial charge on any atom is 0.194 e. The summed E-state index contributed by atoms with van der Waals surface area (Å²) in [5, 5.41) is 13.8. The number of benzene rings is 1. The third kappa shape index (κ3) is 6.30. The van der Waals surface area contributed by atoms with E-state index in [0.29, 0.717) is 23.6 Å². The highest BCUT2D eigenvalue weighted by atomic mass is 35.5. The quantitative estimate of drug-likeness (QED) is 0.513. The minimum absolute atomic E-state index is 0.216. The van der Waals surface area contributed by atoms with Crippen LogP contribution >= 0.6 is 22.9 Å². The van der Waals surface area contributed by atoms with Crippen molar-refractivity contribution in [3.63, 3.8) is 0 Å². The molecule has 2 aromatic rings. The Hall–Kier alpha value is -1.96. The van der Waals surface area contributed by atoms with Gasteiger partial charge in [0.2, 0.25) is 0 Å². The predicted molar refractivity (Wildman–Crippen MR) is 111 cm³/mol. The molecule has 6 nitrogen and oxygen atoms in total. The van der Waals surface area contributed by atoms with Crippen LogP contribution in [0.1, 0.15) is 23.5 Å². The van der Waals surface area contributed by atoms with Crippen LogP contribution in [-0.2, 0) is 6.54 Å². The Balaban J connectivity index is 2.10. The van der Waals surface area contributed by atoms with Gasteiger partial charge < -0.3 is 24.8 Å². The number of guanidine groups is 1. The lowest BCUT2D eigenvalue weighted by atomic mass is 10.1. The molecule has 0 aliphatic carbocycles. The SMILES string of the molecule is CCNC(=NCC(O)c1cc(OC)cc(OC)c1)N(C)Cc1ccc(Cl)s1. The summed E-state index contributed by atoms with van der Waals surface area (Å²) in [4.78, 5) is 7.72. The first kappa shape index (κ1) is 21.3. The van der Waals surface area contributed by atoms with Crippen LogP contribution in [0.4, 0.5) is 0 Å². The van der Waals surface area contributed by atoms with Crippen molar-refractivity contribution < 1.29 is 14.6 Å². The molecule has 2 rings (SSSR count). The van der Waals surface area contributed by atoms with Gasteiger partial charge in [0.1, 0.15) is 11.5 Å². The van der Waals surface area contributed by atoms with Crippen LogP contribution in [0, 0.1) is 0 Å². The van der Waals surface area contributed by atoms with E-state index in [-0.39, 0.29) is 6.54 Å². The van der Waals surface area contributed by atoms with Crippen LogP contribution in [0.15, 0.2) is 35.3 Å². The van der Waals surface area contributed by atoms with Crippen molar-refractivity contribution in [2.75, 3.05) is 34.4 Å². The van der Waals surface area contributed by atoms with E-state index in [0.717, 1.165) is 21.7 Å². The van der Waals surface area contributed by atoms with E-state index in [4.69, 9.17) is 21.1 Å². The number of thiophene rings is 1. The molecule has 1 aromatic heterocycles. The van der Waals surface area contributed by atoms with Crippen molar-refractivity contribution in [2.24, 2.45) is 4.99 Å². The van der Waals surface area contributed by atoms with Crippen molar-refractivity contribution in [3.8, 4) is 11.5 Å². The second kappa shape index (κ2) is 10.4. The summed E-state index contributed by atoms with van der Waals surface area (Å²) in [6.07, 6.45) is -0.771. The second-order valence-electron chi connectivity index (χ2n) is 5.92. The molecule has 0 aliphatic heterocycles. The van der Waals surface area contributed by atoms with Crippen LogP contribution in [0.25, 0.3) is 0 Å². The van der Waals surface area contributed by atoms with Gasteiger partial charge in [0.05, 0.1) is 37.7 Å². The van der Waals surface area contributed by atoms with E-state index in [1.54, 1.807) is 43.8 Å². The van der Waals surface area contributed by atoms with Gasteiger partial charge in [-0.15, -0.1) is 11.3 Å². The van der Waals surface area contributed by atoms with Gasteiger partial charge in [-0.3, -0.25) is 4.99 Å². The van der Waals surface area contributed by atoms with Gasteiger partial charge in [-0.1, -0.05) is 11.6 Å². The van der Waals surface area contributed by atoms with E-state index < -0.39 is 6.10 Å². The first-order valence-electron chi connectivity index (χ1n) is 8.61. The molecule has 1 aromatic carbocycles. The van der Waals surface area contributed by atoms with Crippen LogP contribution in [0.2, 0.25) is 4.34 Å². The molecule has 0 saturated heterocycles. The standard InChI is InChI=1S/C19H26ClN3O3S/c1-5-21-19(23(2)12-16-6-7-18(20)27-16)22-11-17(24)13-8-14(25-3)10-15(9-13)26-4/h6-10,17,24H,5,11-12H2,1-4H3,(H,21,22). The number of ether oxygens (including phenoxy) is 2. The number of aliphatic imine (C=N–C) groups is 1. The lowest BCUT2D eigenvalue weighted by Gasteiger charge is -2.22. The van der Waals surface area contributed by atoms with Gasteiger partial charge in [-0.25, -0.2) is 0 Å². The van der Waals surface area contributed by atoms with Crippen LogP contribution < -0.4 is 14.8 Å². The van der Waals surface area contributed by atoms with E-state index in [2.05, 4.69) is 10.3 Å². The smallest absolute Gasteiger partial charge is 0.194 e. The van der Waals surface area contributed by atoms with Gasteiger partial charge in [0.15, 0.2) is 5.96 Å². The molecule has 148 valence electrons. The Bertz CT molecular complexity index is 744. The number of nitrogens with zero attached hydrogens (tertiary/aromatic N) is 2. The zero-order valence-electron chi connectivity index (χ0n) is 16.0. The van der Waals surface area contributed by atoms with E-state index >= 15 is 0 Å². The molecule has 0 bridgehead atoms. The average Bonchev–Trinajstić information content (AvgIpc) is 3.08. The molecule has 27 heavy (non-hydrogen) atoms. The molecule has 8 heteroatoms. The van der Waals surface area contributed by atoms with E-state index in [1.165, 1.54) is 0 Å². The molecule has 0 fully saturated rings. The van der Waals surface area contributed by atoms with E-state index in [9.17, 15) is 5.11 Å². The number of rotatable bonds is 8. The van der Waals surface area contributed by atoms with E-state index in [1.807, 2.05) is 31.0 Å². The van der Waals surface area contributed by atoms with Gasteiger partial charge in [-0.05, 0) is 36.8 Å². The van der Waals surface area contributed by atoms with Gasteiger partial charge in [0.25, 0.3) is 0 Å². The molecule has 0 saturated carbocycles. The highest BCUT2D eigenvalue weighted by Crippen LogP contribution is 2.27. The average molecular weight is 412 g/mol. The molecule has 0 aliphatic rings. The molecule has 1 atom stereocenters. The molecular formula is C19H26ClN3O3S. The third-order valence-electron chi connectivity index (χ3n) is 3.89. The molecular weight excluding hydrogens is 386 g/mol. The zero-order chi connectivity index (χ0) is 19.8. The van der Waals surface area contributed by atoms with Gasteiger partial charge in [-0.2, -0.15) is 0 Å². The topological polar surface area (TPSA) is 66.3 Å². The molecule has 1 heterocycles. The number of nitrogens with one attached hydrogen (secondary N) is 1. The van der Waals surface area contributed by atoms with Crippen molar-refractivity contribution >= 4 is 28.9 Å². The number of hydrogen-bond donors (Lipinski definition) is 2. The van der Waals surface area contributed by atoms with Crippen molar-refractivity contribution in [1.29, 1.82) is 0 Å². The fraction of sp³-hybridized carbons (Fsp3) is 0.421. The van der Waals surface area contributed by atoms with Crippen molar-refractivity contribution in [2.45, 2.75) is 19.6 Å². The summed E-state index contributed by atoms with van der Waals surface area (Å²) in [6.45, 7) is 3.65. The predicted octanol–water partition coefficient (Wildman–Crippen LogP) is 3.55. The molecule has 0 amide bonds. The number of aliphatic hydroxyl groups is 1. The van der Waals surface area contributed by atoms with Crippen LogP contribution in [-0.4, -0.2) is 50.3 Å². The zero-order valence-corrected chi connectivity index (χ0v) is 17.6. The van der Waals surface area contributed by atoms with Crippen LogP contribution in [0.3, 0.4) is 0 Å². The number of methoxy groups -OCH3 is 2. The summed E-state index contributed by atoms with van der Waals surface area (Å²) >= 11 is 7.55. The first-order chi connectivity index (χ1) is 13.0. The van der Waals surface area contributed by atoms with Gasteiger partial charge >= 0.3 is 0 Å². The van der Waals surface area contributed by atoms with Crippen LogP contribution in [0.5, 0.6) is 11.5 Å². The fourth-order valence-corrected chi connectivity index (χ4v) is 3.66. The fourth-order valence-electron chi connectivity index (χ4n) is 2.52. The number of aliphatic hydroxyl groups excluding tert-OH is 1. The number of hydrogen-bond acceptors (Lipinski definition) is 5. The number of halogens is 1. The summed E-state index contributed by atoms with van der Waals surface area (Å²) in [7, 11) is 5.12. The second-order valence-corrected chi connectivity index (χ2v) is 7.72. The van der Waals surface area contributed by atoms with Crippen molar-refractivity contribution in [1.82, 2.24) is 10.2 Å². The third-order valence-corrected chi connectivity index (χ3v) is 5.11. The largest absolute Gasteiger partial charge is 0.497 e. The lowest BCUT2D eigenvalue weighted by molar-refractivity contribution is 0.185. The Morgan fingerprint density at radius 1 is 1.26 bits per heavy atom. The normalized spacial score (nSPS) is 12.6. The maximum absolute atomic E-state index is 10.6. The highest BCUT2D eigenvalue weighted by molar-refractivity contribution is 7.16. The summed E-state index contributed by atoms with van der Waals surface area (Å²) in [5.41, 5.74) is 0.693. The highest BCUT2D eigenvalue weighted by Gasteiger charge is 2.13. The Morgan fingerprint density at radius 2 is 1.93 bits per heavy atom. The summed E-state index contributed by atoms with van der Waals surface area (Å²) < 4.78 is 11.3. The Labute approximate surface area is 169 Å². The summed E-state index contributed by atoms with van der Waals surface area (Å²) in [5.74, 6) is 1.98. The molecule has 0 spiro atoms. The first-order valence-corrected chi connectivity index (χ1v) is 9.81. The maximum atomic E-state index is 10.6. The molecule has 2 N–H and O–H groups in total. The Kier molecular flexibility index (Phi) is 8.22. The minimum Gasteiger partial charge on any atom is -0.497 e. The monoisotopic (exact) mass is 411 g/mol.